The average Bonchev–Trinajstić information content (AvgIpc) is 3.07. The summed E-state index contributed by atoms with van der Waals surface area (Å²) in [5, 5.41) is 18.8. The molecule has 0 unspecified atom stereocenters. The number of carbonyl (C=O) groups excluding carboxylic acids is 1. The number of carbonyl (C=O) groups is 1. The van der Waals surface area contributed by atoms with Crippen LogP contribution >= 0.6 is 0 Å². The van der Waals surface area contributed by atoms with Crippen LogP contribution in [0.15, 0.2) is 42.6 Å². The summed E-state index contributed by atoms with van der Waals surface area (Å²) in [6.07, 6.45) is 4.53. The maximum atomic E-state index is 12.1. The summed E-state index contributed by atoms with van der Waals surface area (Å²) in [4.78, 5) is 13.9. The second-order valence-corrected chi connectivity index (χ2v) is 5.21. The molecule has 0 radical (unpaired) electrons. The highest BCUT2D eigenvalue weighted by Crippen LogP contribution is 2.23. The number of phenols is 1. The number of aromatic amines is 1. The molecule has 2 aromatic rings. The Morgan fingerprint density at radius 2 is 2.14 bits per heavy atom. The van der Waals surface area contributed by atoms with Crippen molar-refractivity contribution in [3.05, 3.63) is 53.9 Å². The van der Waals surface area contributed by atoms with Crippen molar-refractivity contribution in [2.75, 3.05) is 13.1 Å². The lowest BCUT2D eigenvalue weighted by Gasteiger charge is -2.26. The molecule has 0 spiro atoms. The Kier molecular flexibility index (Phi) is 4.09. The molecule has 114 valence electrons. The van der Waals surface area contributed by atoms with Crippen LogP contribution in [0.1, 0.15) is 17.7 Å². The molecule has 3 rings (SSSR count). The van der Waals surface area contributed by atoms with Crippen molar-refractivity contribution in [2.24, 2.45) is 0 Å². The lowest BCUT2D eigenvalue weighted by atomic mass is 9.99. The number of H-pyrrole nitrogens is 1. The summed E-state index contributed by atoms with van der Waals surface area (Å²) < 4.78 is 0. The third-order valence-corrected chi connectivity index (χ3v) is 3.72. The van der Waals surface area contributed by atoms with Crippen LogP contribution in [0.3, 0.4) is 0 Å². The minimum absolute atomic E-state index is 0.0735. The van der Waals surface area contributed by atoms with E-state index in [0.717, 1.165) is 17.7 Å². The number of nitrogens with one attached hydrogen (secondary N) is 2. The molecule has 22 heavy (non-hydrogen) atoms. The highest BCUT2D eigenvalue weighted by molar-refractivity contribution is 5.76. The zero-order valence-corrected chi connectivity index (χ0v) is 12.1. The number of hydrogen-bond donors (Lipinski definition) is 3. The second kappa shape index (κ2) is 6.34. The smallest absolute Gasteiger partial charge is 0.318 e. The molecule has 0 aliphatic carbocycles. The molecule has 0 saturated heterocycles. The number of nitrogens with zero attached hydrogens (tertiary/aromatic N) is 2. The fraction of sp³-hybridized carbons (Fsp3) is 0.250. The van der Waals surface area contributed by atoms with Crippen molar-refractivity contribution >= 4 is 11.6 Å². The minimum Gasteiger partial charge on any atom is -0.508 e. The monoisotopic (exact) mass is 298 g/mol. The molecular formula is C16H18N4O2. The second-order valence-electron chi connectivity index (χ2n) is 5.21. The Balaban J connectivity index is 1.56. The molecule has 0 saturated carbocycles. The van der Waals surface area contributed by atoms with Crippen LogP contribution in [0.5, 0.6) is 5.75 Å². The summed E-state index contributed by atoms with van der Waals surface area (Å²) >= 11 is 0. The number of phenolic OH excluding ortho intramolecular Hbond substituents is 1. The Labute approximate surface area is 128 Å². The van der Waals surface area contributed by atoms with Gasteiger partial charge in [0.2, 0.25) is 0 Å². The Hall–Kier alpha value is -2.76. The molecule has 1 aliphatic heterocycles. The first kappa shape index (κ1) is 14.2. The predicted octanol–water partition coefficient (Wildman–Crippen LogP) is 2.11. The molecule has 6 nitrogen and oxygen atoms in total. The zero-order chi connectivity index (χ0) is 15.4. The van der Waals surface area contributed by atoms with Gasteiger partial charge >= 0.3 is 6.03 Å². The average molecular weight is 298 g/mol. The molecule has 1 aliphatic rings. The fourth-order valence-corrected chi connectivity index (χ4v) is 2.46. The first-order valence-corrected chi connectivity index (χ1v) is 7.22. The predicted molar refractivity (Wildman–Crippen MR) is 83.1 cm³/mol. The summed E-state index contributed by atoms with van der Waals surface area (Å²) in [6.45, 7) is 1.72. The van der Waals surface area contributed by atoms with E-state index in [-0.39, 0.29) is 11.8 Å². The van der Waals surface area contributed by atoms with Crippen molar-refractivity contribution in [1.82, 2.24) is 20.4 Å². The van der Waals surface area contributed by atoms with Crippen molar-refractivity contribution in [1.29, 1.82) is 0 Å². The Bertz CT molecular complexity index is 662. The molecule has 6 heteroatoms. The Morgan fingerprint density at radius 3 is 2.77 bits per heavy atom. The van der Waals surface area contributed by atoms with E-state index >= 15 is 0 Å². The molecule has 1 aromatic heterocycles. The van der Waals surface area contributed by atoms with Gasteiger partial charge in [0.05, 0.1) is 12.2 Å². The van der Waals surface area contributed by atoms with Crippen molar-refractivity contribution in [3.8, 4) is 5.75 Å². The van der Waals surface area contributed by atoms with Crippen LogP contribution in [0.25, 0.3) is 5.57 Å². The molecule has 0 bridgehead atoms. The molecule has 0 fully saturated rings. The van der Waals surface area contributed by atoms with E-state index in [1.807, 2.05) is 18.2 Å². The molecule has 2 heterocycles. The van der Waals surface area contributed by atoms with Crippen molar-refractivity contribution in [3.63, 3.8) is 0 Å². The highest BCUT2D eigenvalue weighted by Gasteiger charge is 2.17. The van der Waals surface area contributed by atoms with E-state index in [4.69, 9.17) is 0 Å². The van der Waals surface area contributed by atoms with Gasteiger partial charge in [-0.3, -0.25) is 5.10 Å². The van der Waals surface area contributed by atoms with E-state index in [1.54, 1.807) is 23.2 Å². The number of urea groups is 1. The van der Waals surface area contributed by atoms with Gasteiger partial charge < -0.3 is 15.3 Å². The molecule has 2 amide bonds. The van der Waals surface area contributed by atoms with E-state index in [1.165, 1.54) is 5.57 Å². The van der Waals surface area contributed by atoms with Gasteiger partial charge in [-0.1, -0.05) is 18.2 Å². The minimum atomic E-state index is -0.0735. The summed E-state index contributed by atoms with van der Waals surface area (Å²) in [5.74, 6) is 0.264. The largest absolute Gasteiger partial charge is 0.508 e. The lowest BCUT2D eigenvalue weighted by molar-refractivity contribution is 0.202. The molecule has 0 atom stereocenters. The van der Waals surface area contributed by atoms with Crippen LogP contribution < -0.4 is 5.32 Å². The fourth-order valence-electron chi connectivity index (χ4n) is 2.46. The standard InChI is InChI=1S/C16H18N4O2/c21-15-3-1-12(2-4-15)13-6-9-20(10-7-13)16(22)17-11-14-5-8-18-19-14/h1-6,8,21H,7,9-11H2,(H,17,22)(H,18,19). The van der Waals surface area contributed by atoms with Crippen molar-refractivity contribution < 1.29 is 9.90 Å². The number of aromatic hydroxyl groups is 1. The van der Waals surface area contributed by atoms with Gasteiger partial charge in [0, 0.05) is 19.3 Å². The van der Waals surface area contributed by atoms with Crippen LogP contribution in [0.2, 0.25) is 0 Å². The first-order valence-electron chi connectivity index (χ1n) is 7.22. The van der Waals surface area contributed by atoms with E-state index < -0.39 is 0 Å². The zero-order valence-electron chi connectivity index (χ0n) is 12.1. The van der Waals surface area contributed by atoms with E-state index in [2.05, 4.69) is 21.6 Å². The third kappa shape index (κ3) is 3.28. The van der Waals surface area contributed by atoms with Gasteiger partial charge in [-0.25, -0.2) is 4.79 Å². The van der Waals surface area contributed by atoms with Gasteiger partial charge in [0.25, 0.3) is 0 Å². The molecule has 3 N–H and O–H groups in total. The first-order chi connectivity index (χ1) is 10.7. The van der Waals surface area contributed by atoms with Gasteiger partial charge in [-0.15, -0.1) is 0 Å². The van der Waals surface area contributed by atoms with Crippen LogP contribution in [0.4, 0.5) is 4.79 Å². The van der Waals surface area contributed by atoms with Gasteiger partial charge in [0.15, 0.2) is 0 Å². The topological polar surface area (TPSA) is 81.2 Å². The highest BCUT2D eigenvalue weighted by atomic mass is 16.3. The van der Waals surface area contributed by atoms with E-state index in [0.29, 0.717) is 19.6 Å². The normalized spacial score (nSPS) is 14.5. The Morgan fingerprint density at radius 1 is 1.32 bits per heavy atom. The number of rotatable bonds is 3. The van der Waals surface area contributed by atoms with Crippen LogP contribution in [-0.4, -0.2) is 39.3 Å². The summed E-state index contributed by atoms with van der Waals surface area (Å²) in [5.41, 5.74) is 3.18. The number of hydrogen-bond acceptors (Lipinski definition) is 3. The molecule has 1 aromatic carbocycles. The van der Waals surface area contributed by atoms with Gasteiger partial charge in [-0.2, -0.15) is 5.10 Å². The lowest BCUT2D eigenvalue weighted by Crippen LogP contribution is -2.41. The SMILES string of the molecule is O=C(NCc1ccn[nH]1)N1CC=C(c2ccc(O)cc2)CC1. The number of amides is 2. The summed E-state index contributed by atoms with van der Waals surface area (Å²) in [7, 11) is 0. The van der Waals surface area contributed by atoms with Gasteiger partial charge in [-0.05, 0) is 35.8 Å². The summed E-state index contributed by atoms with van der Waals surface area (Å²) in [6, 6.07) is 8.92. The van der Waals surface area contributed by atoms with Crippen molar-refractivity contribution in [2.45, 2.75) is 13.0 Å². The van der Waals surface area contributed by atoms with Crippen LogP contribution in [0, 0.1) is 0 Å². The quantitative estimate of drug-likeness (QED) is 0.812. The number of aromatic nitrogens is 2. The van der Waals surface area contributed by atoms with E-state index in [9.17, 15) is 9.90 Å². The third-order valence-electron chi connectivity index (χ3n) is 3.72. The maximum absolute atomic E-state index is 12.1. The number of benzene rings is 1. The van der Waals surface area contributed by atoms with Crippen LogP contribution in [-0.2, 0) is 6.54 Å². The molecular weight excluding hydrogens is 280 g/mol. The van der Waals surface area contributed by atoms with Gasteiger partial charge in [0.1, 0.15) is 5.75 Å². The maximum Gasteiger partial charge on any atom is 0.318 e.